The van der Waals surface area contributed by atoms with Crippen LogP contribution in [0.15, 0.2) is 49.3 Å². The molecule has 0 aliphatic carbocycles. The Balaban J connectivity index is 2.37. The molecule has 1 aromatic carbocycles. The van der Waals surface area contributed by atoms with Crippen molar-refractivity contribution in [1.82, 2.24) is 4.90 Å². The van der Waals surface area contributed by atoms with Gasteiger partial charge in [0.1, 0.15) is 15.6 Å². The molecule has 2 aromatic rings. The van der Waals surface area contributed by atoms with E-state index in [1.165, 1.54) is 12.1 Å². The Morgan fingerprint density at radius 3 is 2.46 bits per heavy atom. The van der Waals surface area contributed by atoms with Crippen LogP contribution in [0.4, 0.5) is 10.7 Å². The standard InChI is InChI=1S/C19H21N3O3S/c1-5-22(17-11-16(24)18(26-17)19(20)25)14-7-6-13(10-12(14)2)15(23)8-9-21(3)4/h5-11,24H,1H2,2-4H3,(H2,20,25)/b9-8+. The summed E-state index contributed by atoms with van der Waals surface area (Å²) in [7, 11) is 3.69. The van der Waals surface area contributed by atoms with E-state index in [1.807, 2.05) is 21.0 Å². The van der Waals surface area contributed by atoms with Crippen LogP contribution >= 0.6 is 11.3 Å². The van der Waals surface area contributed by atoms with E-state index in [9.17, 15) is 14.7 Å². The van der Waals surface area contributed by atoms with E-state index >= 15 is 0 Å². The van der Waals surface area contributed by atoms with Crippen molar-refractivity contribution in [2.24, 2.45) is 5.73 Å². The van der Waals surface area contributed by atoms with Crippen LogP contribution in [0.5, 0.6) is 5.75 Å². The molecule has 0 atom stereocenters. The molecule has 2 rings (SSSR count). The average Bonchev–Trinajstić information content (AvgIpc) is 2.96. The zero-order chi connectivity index (χ0) is 19.4. The van der Waals surface area contributed by atoms with Gasteiger partial charge in [-0.3, -0.25) is 9.59 Å². The van der Waals surface area contributed by atoms with Crippen molar-refractivity contribution < 1.29 is 14.7 Å². The molecule has 0 bridgehead atoms. The first-order chi connectivity index (χ1) is 12.2. The van der Waals surface area contributed by atoms with Crippen LogP contribution in [0.1, 0.15) is 25.6 Å². The normalized spacial score (nSPS) is 10.7. The predicted octanol–water partition coefficient (Wildman–Crippen LogP) is 3.40. The molecule has 0 fully saturated rings. The molecule has 3 N–H and O–H groups in total. The maximum Gasteiger partial charge on any atom is 0.262 e. The van der Waals surface area contributed by atoms with Crippen LogP contribution < -0.4 is 10.6 Å². The lowest BCUT2D eigenvalue weighted by molar-refractivity contribution is 0.1000. The number of anilines is 2. The van der Waals surface area contributed by atoms with Crippen LogP contribution in [-0.2, 0) is 0 Å². The van der Waals surface area contributed by atoms with Gasteiger partial charge in [0.15, 0.2) is 5.78 Å². The number of thiophene rings is 1. The zero-order valence-electron chi connectivity index (χ0n) is 14.9. The molecule has 1 heterocycles. The fraction of sp³-hybridized carbons (Fsp3) is 0.158. The number of nitrogens with two attached hydrogens (primary N) is 1. The molecular weight excluding hydrogens is 350 g/mol. The number of carbonyl (C=O) groups excluding carboxylic acids is 2. The number of benzene rings is 1. The fourth-order valence-corrected chi connectivity index (χ4v) is 3.28. The lowest BCUT2D eigenvalue weighted by Gasteiger charge is -2.20. The molecule has 26 heavy (non-hydrogen) atoms. The van der Waals surface area contributed by atoms with Gasteiger partial charge in [-0.15, -0.1) is 11.3 Å². The molecule has 0 radical (unpaired) electrons. The molecule has 1 amide bonds. The van der Waals surface area contributed by atoms with E-state index < -0.39 is 5.91 Å². The molecule has 136 valence electrons. The topological polar surface area (TPSA) is 86.9 Å². The van der Waals surface area contributed by atoms with Gasteiger partial charge in [-0.05, 0) is 30.7 Å². The number of rotatable bonds is 7. The minimum Gasteiger partial charge on any atom is -0.506 e. The second kappa shape index (κ2) is 7.88. The second-order valence-electron chi connectivity index (χ2n) is 5.86. The highest BCUT2D eigenvalue weighted by molar-refractivity contribution is 7.18. The maximum absolute atomic E-state index is 12.2. The maximum atomic E-state index is 12.2. The first kappa shape index (κ1) is 19.3. The second-order valence-corrected chi connectivity index (χ2v) is 6.89. The summed E-state index contributed by atoms with van der Waals surface area (Å²) in [5.41, 5.74) is 7.46. The summed E-state index contributed by atoms with van der Waals surface area (Å²) in [5.74, 6) is -0.945. The highest BCUT2D eigenvalue weighted by Crippen LogP contribution is 2.39. The molecule has 0 aliphatic heterocycles. The number of ketones is 1. The number of aromatic hydroxyl groups is 1. The highest BCUT2D eigenvalue weighted by Gasteiger charge is 2.18. The molecule has 0 aliphatic rings. The van der Waals surface area contributed by atoms with Gasteiger partial charge in [-0.25, -0.2) is 0 Å². The molecule has 0 spiro atoms. The van der Waals surface area contributed by atoms with E-state index in [1.54, 1.807) is 40.4 Å². The first-order valence-electron chi connectivity index (χ1n) is 7.78. The van der Waals surface area contributed by atoms with Gasteiger partial charge < -0.3 is 20.6 Å². The molecular formula is C19H21N3O3S. The Bertz CT molecular complexity index is 884. The summed E-state index contributed by atoms with van der Waals surface area (Å²) >= 11 is 1.07. The fourth-order valence-electron chi connectivity index (χ4n) is 2.36. The van der Waals surface area contributed by atoms with Gasteiger partial charge in [0.25, 0.3) is 5.91 Å². The Morgan fingerprint density at radius 2 is 1.96 bits per heavy atom. The first-order valence-corrected chi connectivity index (χ1v) is 8.60. The van der Waals surface area contributed by atoms with Crippen LogP contribution in [0.2, 0.25) is 0 Å². The summed E-state index contributed by atoms with van der Waals surface area (Å²) in [6.45, 7) is 5.67. The van der Waals surface area contributed by atoms with E-state index in [-0.39, 0.29) is 16.4 Å². The van der Waals surface area contributed by atoms with Gasteiger partial charge in [0.2, 0.25) is 0 Å². The quantitative estimate of drug-likeness (QED) is 0.575. The summed E-state index contributed by atoms with van der Waals surface area (Å²) in [4.78, 5) is 27.2. The minimum atomic E-state index is -0.687. The van der Waals surface area contributed by atoms with Crippen LogP contribution in [0.25, 0.3) is 0 Å². The van der Waals surface area contributed by atoms with Crippen molar-refractivity contribution in [2.45, 2.75) is 6.92 Å². The van der Waals surface area contributed by atoms with E-state index in [0.717, 1.165) is 22.6 Å². The molecule has 7 heteroatoms. The van der Waals surface area contributed by atoms with Crippen molar-refractivity contribution in [2.75, 3.05) is 19.0 Å². The van der Waals surface area contributed by atoms with Gasteiger partial charge in [0.05, 0.1) is 0 Å². The van der Waals surface area contributed by atoms with E-state index in [0.29, 0.717) is 10.6 Å². The summed E-state index contributed by atoms with van der Waals surface area (Å²) in [5, 5.41) is 10.5. The molecule has 1 aromatic heterocycles. The third-order valence-corrected chi connectivity index (χ3v) is 4.75. The van der Waals surface area contributed by atoms with Gasteiger partial charge in [0, 0.05) is 49.9 Å². The molecule has 0 unspecified atom stereocenters. The minimum absolute atomic E-state index is 0.0881. The third-order valence-electron chi connectivity index (χ3n) is 3.61. The molecule has 0 saturated heterocycles. The Labute approximate surface area is 156 Å². The van der Waals surface area contributed by atoms with Gasteiger partial charge in [-0.1, -0.05) is 6.58 Å². The summed E-state index contributed by atoms with van der Waals surface area (Å²) < 4.78 is 0. The number of aryl methyl sites for hydroxylation is 1. The number of carbonyl (C=O) groups is 2. The number of allylic oxidation sites excluding steroid dienone is 1. The molecule has 0 saturated carbocycles. The van der Waals surface area contributed by atoms with Crippen LogP contribution in [0, 0.1) is 6.92 Å². The monoisotopic (exact) mass is 371 g/mol. The number of amides is 1. The summed E-state index contributed by atoms with van der Waals surface area (Å²) in [6, 6.07) is 6.78. The van der Waals surface area contributed by atoms with Crippen molar-refractivity contribution in [1.29, 1.82) is 0 Å². The van der Waals surface area contributed by atoms with Crippen molar-refractivity contribution in [3.63, 3.8) is 0 Å². The lowest BCUT2D eigenvalue weighted by atomic mass is 10.1. The Hall–Kier alpha value is -3.06. The Kier molecular flexibility index (Phi) is 5.84. The van der Waals surface area contributed by atoms with E-state index in [2.05, 4.69) is 6.58 Å². The van der Waals surface area contributed by atoms with Gasteiger partial charge >= 0.3 is 0 Å². The van der Waals surface area contributed by atoms with Crippen LogP contribution in [-0.4, -0.2) is 35.8 Å². The summed E-state index contributed by atoms with van der Waals surface area (Å²) in [6.07, 6.45) is 4.78. The smallest absolute Gasteiger partial charge is 0.262 e. The van der Waals surface area contributed by atoms with Crippen molar-refractivity contribution in [3.8, 4) is 5.75 Å². The number of hydrogen-bond acceptors (Lipinski definition) is 6. The van der Waals surface area contributed by atoms with Crippen LogP contribution in [0.3, 0.4) is 0 Å². The number of nitrogens with zero attached hydrogens (tertiary/aromatic N) is 2. The molecule has 6 nitrogen and oxygen atoms in total. The largest absolute Gasteiger partial charge is 0.506 e. The highest BCUT2D eigenvalue weighted by atomic mass is 32.1. The van der Waals surface area contributed by atoms with Gasteiger partial charge in [-0.2, -0.15) is 0 Å². The number of primary amides is 1. The predicted molar refractivity (Wildman–Crippen MR) is 105 cm³/mol. The third kappa shape index (κ3) is 4.12. The van der Waals surface area contributed by atoms with E-state index in [4.69, 9.17) is 5.73 Å². The zero-order valence-corrected chi connectivity index (χ0v) is 15.7. The SMILES string of the molecule is C=CN(c1cc(O)c(C(N)=O)s1)c1ccc(C(=O)/C=C/N(C)C)cc1C. The lowest BCUT2D eigenvalue weighted by Crippen LogP contribution is -2.10. The Morgan fingerprint density at radius 1 is 1.27 bits per heavy atom. The number of hydrogen-bond donors (Lipinski definition) is 2. The van der Waals surface area contributed by atoms with Crippen molar-refractivity contribution in [3.05, 3.63) is 65.3 Å². The average molecular weight is 371 g/mol. The van der Waals surface area contributed by atoms with Crippen molar-refractivity contribution >= 4 is 33.7 Å².